The summed E-state index contributed by atoms with van der Waals surface area (Å²) < 4.78 is 43.4. The third kappa shape index (κ3) is 3.72. The zero-order valence-corrected chi connectivity index (χ0v) is 14.7. The minimum Gasteiger partial charge on any atom is -0.248 e. The second kappa shape index (κ2) is 7.28. The van der Waals surface area contributed by atoms with Crippen LogP contribution in [0.15, 0.2) is 30.3 Å². The number of hydrogen-bond donors (Lipinski definition) is 0. The first-order valence-corrected chi connectivity index (χ1v) is 7.88. The second-order valence-corrected chi connectivity index (χ2v) is 5.85. The molecule has 0 spiro atoms. The molecule has 0 unspecified atom stereocenters. The Kier molecular flexibility index (Phi) is 5.04. The molecule has 0 saturated heterocycles. The van der Waals surface area contributed by atoms with Crippen LogP contribution in [0.4, 0.5) is 13.2 Å². The van der Waals surface area contributed by atoms with Gasteiger partial charge in [-0.3, -0.25) is 0 Å². The first kappa shape index (κ1) is 18.7. The first-order valence-electron chi connectivity index (χ1n) is 7.50. The molecule has 0 bridgehead atoms. The van der Waals surface area contributed by atoms with Gasteiger partial charge in [0.25, 0.3) is 0 Å². The fourth-order valence-corrected chi connectivity index (χ4v) is 2.41. The lowest BCUT2D eigenvalue weighted by atomic mass is 10.1. The van der Waals surface area contributed by atoms with Gasteiger partial charge >= 0.3 is 12.0 Å². The molecule has 0 N–H and O–H groups in total. The zero-order chi connectivity index (χ0) is 19.7. The van der Waals surface area contributed by atoms with Crippen molar-refractivity contribution >= 4 is 17.6 Å². The number of benzene rings is 2. The molecular weight excluding hydrogens is 387 g/mol. The summed E-state index contributed by atoms with van der Waals surface area (Å²) in [6.07, 6.45) is 0. The van der Waals surface area contributed by atoms with Crippen LogP contribution in [0.3, 0.4) is 0 Å². The molecule has 27 heavy (non-hydrogen) atoms. The van der Waals surface area contributed by atoms with Crippen molar-refractivity contribution in [2.45, 2.75) is 13.8 Å². The van der Waals surface area contributed by atoms with Gasteiger partial charge in [0.15, 0.2) is 5.82 Å². The molecule has 0 amide bonds. The average Bonchev–Trinajstić information content (AvgIpc) is 3.02. The largest absolute Gasteiger partial charge is 0.386 e. The second-order valence-electron chi connectivity index (χ2n) is 5.42. The Hall–Kier alpha value is -3.07. The highest BCUT2D eigenvalue weighted by molar-refractivity contribution is 6.30. The SMILES string of the molecule is CC(=O)OOc1nc(-c2ccc(F)c(C)c2F)n(-c2ccc(Cl)cc2F)n1. The molecule has 0 fully saturated rings. The molecule has 0 radical (unpaired) electrons. The summed E-state index contributed by atoms with van der Waals surface area (Å²) in [4.78, 5) is 23.8. The molecule has 0 saturated carbocycles. The molecule has 1 aromatic heterocycles. The predicted molar refractivity (Wildman–Crippen MR) is 88.8 cm³/mol. The summed E-state index contributed by atoms with van der Waals surface area (Å²) in [6, 6.07) is 5.40. The smallest absolute Gasteiger partial charge is 0.248 e. The van der Waals surface area contributed by atoms with Gasteiger partial charge in [-0.05, 0) is 37.3 Å². The van der Waals surface area contributed by atoms with Crippen LogP contribution in [-0.4, -0.2) is 20.7 Å². The maximum absolute atomic E-state index is 14.6. The van der Waals surface area contributed by atoms with Crippen molar-refractivity contribution in [3.8, 4) is 23.1 Å². The van der Waals surface area contributed by atoms with Gasteiger partial charge in [0, 0.05) is 17.5 Å². The number of carbonyl (C=O) groups excluding carboxylic acids is 1. The number of rotatable bonds is 4. The lowest BCUT2D eigenvalue weighted by molar-refractivity contribution is -0.214. The van der Waals surface area contributed by atoms with Crippen LogP contribution in [0.1, 0.15) is 12.5 Å². The van der Waals surface area contributed by atoms with E-state index in [1.807, 2.05) is 0 Å². The molecule has 10 heteroatoms. The third-order valence-electron chi connectivity index (χ3n) is 3.52. The Morgan fingerprint density at radius 3 is 2.56 bits per heavy atom. The molecule has 0 aliphatic heterocycles. The summed E-state index contributed by atoms with van der Waals surface area (Å²) in [7, 11) is 0. The van der Waals surface area contributed by atoms with Crippen LogP contribution >= 0.6 is 11.6 Å². The number of hydrogen-bond acceptors (Lipinski definition) is 5. The zero-order valence-electron chi connectivity index (χ0n) is 14.0. The number of carbonyl (C=O) groups is 1. The maximum atomic E-state index is 14.6. The molecule has 2 aromatic carbocycles. The molecule has 0 atom stereocenters. The first-order chi connectivity index (χ1) is 12.8. The highest BCUT2D eigenvalue weighted by Crippen LogP contribution is 2.30. The van der Waals surface area contributed by atoms with Crippen LogP contribution in [0.2, 0.25) is 5.02 Å². The number of halogens is 4. The summed E-state index contributed by atoms with van der Waals surface area (Å²) in [5.41, 5.74) is -0.532. The Morgan fingerprint density at radius 2 is 1.89 bits per heavy atom. The topological polar surface area (TPSA) is 66.2 Å². The highest BCUT2D eigenvalue weighted by Gasteiger charge is 2.22. The lowest BCUT2D eigenvalue weighted by Crippen LogP contribution is -2.05. The van der Waals surface area contributed by atoms with Crippen molar-refractivity contribution in [3.05, 3.63) is 58.4 Å². The van der Waals surface area contributed by atoms with Crippen LogP contribution in [0, 0.1) is 24.4 Å². The van der Waals surface area contributed by atoms with Crippen molar-refractivity contribution in [2.24, 2.45) is 0 Å². The van der Waals surface area contributed by atoms with E-state index in [1.54, 1.807) is 0 Å². The minimum atomic E-state index is -0.906. The van der Waals surface area contributed by atoms with Gasteiger partial charge < -0.3 is 0 Å². The van der Waals surface area contributed by atoms with E-state index in [0.29, 0.717) is 0 Å². The molecule has 3 rings (SSSR count). The van der Waals surface area contributed by atoms with Gasteiger partial charge in [-0.15, -0.1) is 5.10 Å². The third-order valence-corrected chi connectivity index (χ3v) is 3.76. The van der Waals surface area contributed by atoms with Crippen LogP contribution in [0.25, 0.3) is 17.1 Å². The van der Waals surface area contributed by atoms with Gasteiger partial charge in [0.1, 0.15) is 23.1 Å². The van der Waals surface area contributed by atoms with Crippen LogP contribution in [-0.2, 0) is 9.68 Å². The number of aromatic nitrogens is 3. The van der Waals surface area contributed by atoms with Gasteiger partial charge in [0.2, 0.25) is 0 Å². The van der Waals surface area contributed by atoms with Crippen molar-refractivity contribution in [2.75, 3.05) is 0 Å². The molecule has 1 heterocycles. The van der Waals surface area contributed by atoms with E-state index in [4.69, 9.17) is 11.6 Å². The monoisotopic (exact) mass is 397 g/mol. The molecule has 140 valence electrons. The van der Waals surface area contributed by atoms with E-state index in [1.165, 1.54) is 19.1 Å². The normalized spacial score (nSPS) is 10.7. The van der Waals surface area contributed by atoms with Crippen molar-refractivity contribution < 1.29 is 27.7 Å². The van der Waals surface area contributed by atoms with E-state index >= 15 is 0 Å². The van der Waals surface area contributed by atoms with Gasteiger partial charge in [-0.2, -0.15) is 4.98 Å². The Labute approximate surface area is 156 Å². The van der Waals surface area contributed by atoms with Crippen LogP contribution in [0.5, 0.6) is 6.01 Å². The maximum Gasteiger partial charge on any atom is 0.386 e. The molecular formula is C17H11ClF3N3O3. The Bertz CT molecular complexity index is 1040. The Morgan fingerprint density at radius 1 is 1.15 bits per heavy atom. The number of nitrogens with zero attached hydrogens (tertiary/aromatic N) is 3. The molecule has 3 aromatic rings. The van der Waals surface area contributed by atoms with E-state index < -0.39 is 29.4 Å². The molecule has 6 nitrogen and oxygen atoms in total. The fourth-order valence-electron chi connectivity index (χ4n) is 2.25. The molecule has 0 aliphatic rings. The minimum absolute atomic E-state index is 0.124. The Balaban J connectivity index is 2.19. The van der Waals surface area contributed by atoms with E-state index in [2.05, 4.69) is 19.9 Å². The summed E-state index contributed by atoms with van der Waals surface area (Å²) >= 11 is 5.75. The predicted octanol–water partition coefficient (Wildman–Crippen LogP) is 4.17. The highest BCUT2D eigenvalue weighted by atomic mass is 35.5. The lowest BCUT2D eigenvalue weighted by Gasteiger charge is -2.09. The van der Waals surface area contributed by atoms with Crippen LogP contribution < -0.4 is 4.89 Å². The molecule has 0 aliphatic carbocycles. The summed E-state index contributed by atoms with van der Waals surface area (Å²) in [5, 5.41) is 4.01. The standard InChI is InChI=1S/C17H11ClF3N3O3/c1-8-12(19)5-4-11(15(8)21)16-22-17(27-26-9(2)25)23-24(16)14-6-3-10(18)7-13(14)20/h3-7H,1-2H3. The fraction of sp³-hybridized carbons (Fsp3) is 0.118. The van der Waals surface area contributed by atoms with E-state index in [-0.39, 0.29) is 27.7 Å². The van der Waals surface area contributed by atoms with Crippen molar-refractivity contribution in [1.29, 1.82) is 0 Å². The van der Waals surface area contributed by atoms with Gasteiger partial charge in [-0.1, -0.05) is 11.6 Å². The van der Waals surface area contributed by atoms with Gasteiger partial charge in [0.05, 0.1) is 5.56 Å². The average molecular weight is 398 g/mol. The van der Waals surface area contributed by atoms with Gasteiger partial charge in [-0.25, -0.2) is 32.4 Å². The summed E-state index contributed by atoms with van der Waals surface area (Å²) in [5.74, 6) is -3.41. The quantitative estimate of drug-likeness (QED) is 0.488. The summed E-state index contributed by atoms with van der Waals surface area (Å²) in [6.45, 7) is 2.33. The van der Waals surface area contributed by atoms with Crippen molar-refractivity contribution in [3.63, 3.8) is 0 Å². The van der Waals surface area contributed by atoms with E-state index in [9.17, 15) is 18.0 Å². The van der Waals surface area contributed by atoms with Crippen molar-refractivity contribution in [1.82, 2.24) is 14.8 Å². The van der Waals surface area contributed by atoms with E-state index in [0.717, 1.165) is 29.8 Å².